The van der Waals surface area contributed by atoms with E-state index < -0.39 is 59.0 Å². The molecule has 0 bridgehead atoms. The summed E-state index contributed by atoms with van der Waals surface area (Å²) >= 11 is 1.01. The molecule has 8 nitrogen and oxygen atoms in total. The molecule has 0 saturated carbocycles. The van der Waals surface area contributed by atoms with Crippen molar-refractivity contribution >= 4 is 46.2 Å². The second-order valence-electron chi connectivity index (χ2n) is 10.2. The van der Waals surface area contributed by atoms with Gasteiger partial charge in [0, 0.05) is 11.3 Å². The summed E-state index contributed by atoms with van der Waals surface area (Å²) in [5.41, 5.74) is 1.59. The molecule has 1 aliphatic rings. The van der Waals surface area contributed by atoms with Crippen molar-refractivity contribution in [2.24, 2.45) is 4.99 Å². The number of alkyl carbamates (subject to hydrolysis) is 1. The van der Waals surface area contributed by atoms with E-state index in [9.17, 15) is 31.9 Å². The number of amides is 3. The van der Waals surface area contributed by atoms with Gasteiger partial charge in [-0.25, -0.2) is 27.3 Å². The molecule has 0 radical (unpaired) electrons. The van der Waals surface area contributed by atoms with Gasteiger partial charge in [-0.1, -0.05) is 66.4 Å². The molecule has 0 aromatic heterocycles. The van der Waals surface area contributed by atoms with Crippen LogP contribution in [0, 0.1) is 23.3 Å². The number of rotatable bonds is 9. The molecule has 1 unspecified atom stereocenters. The third-order valence-electron chi connectivity index (χ3n) is 6.84. The third-order valence-corrected chi connectivity index (χ3v) is 8.07. The minimum absolute atomic E-state index is 0.0438. The molecular weight excluding hydrogens is 624 g/mol. The first-order valence-corrected chi connectivity index (χ1v) is 14.8. The largest absolute Gasteiger partial charge is 0.445 e. The van der Waals surface area contributed by atoms with E-state index >= 15 is 0 Å². The van der Waals surface area contributed by atoms with Crippen molar-refractivity contribution in [2.75, 3.05) is 5.32 Å². The molecule has 2 N–H and O–H groups in total. The van der Waals surface area contributed by atoms with E-state index in [-0.39, 0.29) is 23.0 Å². The molecule has 1 aliphatic heterocycles. The smallest absolute Gasteiger partial charge is 0.408 e. The Labute approximate surface area is 265 Å². The Morgan fingerprint density at radius 1 is 0.935 bits per heavy atom. The van der Waals surface area contributed by atoms with E-state index in [0.717, 1.165) is 40.4 Å². The maximum Gasteiger partial charge on any atom is 0.408 e. The van der Waals surface area contributed by atoms with Gasteiger partial charge in [0.15, 0.2) is 22.6 Å². The number of benzene rings is 4. The molecule has 13 heteroatoms. The van der Waals surface area contributed by atoms with Gasteiger partial charge in [0.2, 0.25) is 11.8 Å². The molecule has 0 aliphatic carbocycles. The summed E-state index contributed by atoms with van der Waals surface area (Å²) in [5, 5.41) is 4.37. The van der Waals surface area contributed by atoms with E-state index in [4.69, 9.17) is 4.74 Å². The van der Waals surface area contributed by atoms with Crippen LogP contribution in [0.5, 0.6) is 0 Å². The number of anilines is 1. The zero-order valence-corrected chi connectivity index (χ0v) is 25.0. The Kier molecular flexibility index (Phi) is 10.0. The quantitative estimate of drug-likeness (QED) is 0.150. The van der Waals surface area contributed by atoms with Gasteiger partial charge in [-0.3, -0.25) is 14.5 Å². The fraction of sp³-hybridized carbons (Fsp3) is 0.152. The Morgan fingerprint density at radius 3 is 2.39 bits per heavy atom. The van der Waals surface area contributed by atoms with Crippen LogP contribution in [0.3, 0.4) is 0 Å². The molecule has 5 rings (SSSR count). The van der Waals surface area contributed by atoms with Crippen LogP contribution in [0.15, 0.2) is 96.0 Å². The van der Waals surface area contributed by atoms with E-state index in [2.05, 4.69) is 15.6 Å². The van der Waals surface area contributed by atoms with Gasteiger partial charge in [0.1, 0.15) is 23.7 Å². The van der Waals surface area contributed by atoms with Crippen LogP contribution in [0.1, 0.15) is 28.9 Å². The predicted octanol–water partition coefficient (Wildman–Crippen LogP) is 7.00. The lowest BCUT2D eigenvalue weighted by molar-refractivity contribution is -0.126. The lowest BCUT2D eigenvalue weighted by atomic mass is 10.1. The number of hydrogen-bond acceptors (Lipinski definition) is 6. The molecule has 1 heterocycles. The van der Waals surface area contributed by atoms with Crippen LogP contribution in [-0.4, -0.2) is 34.0 Å². The number of nitrogens with one attached hydrogen (secondary N) is 2. The Bertz CT molecular complexity index is 1790. The second kappa shape index (κ2) is 14.3. The van der Waals surface area contributed by atoms with Crippen molar-refractivity contribution in [3.05, 3.63) is 131 Å². The summed E-state index contributed by atoms with van der Waals surface area (Å²) in [5.74, 6) is -6.05. The van der Waals surface area contributed by atoms with Crippen LogP contribution >= 0.6 is 11.8 Å². The van der Waals surface area contributed by atoms with E-state index in [1.165, 1.54) is 25.1 Å². The zero-order chi connectivity index (χ0) is 32.8. The van der Waals surface area contributed by atoms with Crippen molar-refractivity contribution in [1.82, 2.24) is 10.2 Å². The molecule has 4 aromatic rings. The first kappa shape index (κ1) is 32.2. The van der Waals surface area contributed by atoms with Crippen molar-refractivity contribution < 1.29 is 36.7 Å². The number of amidine groups is 1. The Hall–Kier alpha value is -5.17. The average molecular weight is 651 g/mol. The van der Waals surface area contributed by atoms with Crippen molar-refractivity contribution in [3.8, 4) is 0 Å². The van der Waals surface area contributed by atoms with Crippen molar-refractivity contribution in [1.29, 1.82) is 0 Å². The van der Waals surface area contributed by atoms with Crippen LogP contribution in [0.2, 0.25) is 0 Å². The number of ether oxygens (including phenoxy) is 1. The Morgan fingerprint density at radius 2 is 1.67 bits per heavy atom. The minimum Gasteiger partial charge on any atom is -0.445 e. The highest BCUT2D eigenvalue weighted by Gasteiger charge is 2.39. The fourth-order valence-electron chi connectivity index (χ4n) is 4.41. The van der Waals surface area contributed by atoms with Gasteiger partial charge in [-0.05, 0) is 54.4 Å². The van der Waals surface area contributed by atoms with E-state index in [1.807, 2.05) is 18.2 Å². The molecule has 236 valence electrons. The highest BCUT2D eigenvalue weighted by atomic mass is 32.2. The molecular formula is C33H26F4N4O4S. The van der Waals surface area contributed by atoms with E-state index in [0.29, 0.717) is 11.3 Å². The Balaban J connectivity index is 1.27. The number of carbonyl (C=O) groups is 3. The summed E-state index contributed by atoms with van der Waals surface area (Å²) in [6, 6.07) is 21.6. The second-order valence-corrected chi connectivity index (χ2v) is 11.2. The lowest BCUT2D eigenvalue weighted by Crippen LogP contribution is -2.41. The molecule has 2 atom stereocenters. The molecule has 0 spiro atoms. The summed E-state index contributed by atoms with van der Waals surface area (Å²) in [4.78, 5) is 43.9. The summed E-state index contributed by atoms with van der Waals surface area (Å²) in [6.45, 7) is 1.08. The maximum atomic E-state index is 14.5. The molecule has 1 saturated heterocycles. The first-order valence-electron chi connectivity index (χ1n) is 13.9. The lowest BCUT2D eigenvalue weighted by Gasteiger charge is -2.17. The molecule has 4 aromatic carbocycles. The number of thioether (sulfide) groups is 1. The number of nitrogens with zero attached hydrogens (tertiary/aromatic N) is 2. The monoisotopic (exact) mass is 650 g/mol. The van der Waals surface area contributed by atoms with E-state index in [1.54, 1.807) is 36.4 Å². The highest BCUT2D eigenvalue weighted by Crippen LogP contribution is 2.41. The van der Waals surface area contributed by atoms with Crippen LogP contribution in [-0.2, 0) is 27.5 Å². The number of halogens is 4. The standard InChI is InChI=1S/C33H26F4N4O4S/c1-19(38-33(44)45-18-20-6-3-2-4-7-20)30(42)39-24-13-10-21(11-14-24)29-31(43)41(17-22-12-15-26(35)28(37)27(22)36)32(46-29)40-25-9-5-8-23(34)16-25/h2-16,19,29H,17-18H2,1H3,(H,38,44)(H,39,42)/b40-32-/t19-,29?/m0/s1. The van der Waals surface area contributed by atoms with Gasteiger partial charge >= 0.3 is 6.09 Å². The van der Waals surface area contributed by atoms with Crippen LogP contribution < -0.4 is 10.6 Å². The van der Waals surface area contributed by atoms with Gasteiger partial charge in [-0.15, -0.1) is 0 Å². The number of hydrogen-bond donors (Lipinski definition) is 2. The van der Waals surface area contributed by atoms with Crippen molar-refractivity contribution in [3.63, 3.8) is 0 Å². The fourth-order valence-corrected chi connectivity index (χ4v) is 5.58. The first-order chi connectivity index (χ1) is 22.1. The third kappa shape index (κ3) is 7.72. The average Bonchev–Trinajstić information content (AvgIpc) is 3.34. The highest BCUT2D eigenvalue weighted by molar-refractivity contribution is 8.15. The molecule has 1 fully saturated rings. The summed E-state index contributed by atoms with van der Waals surface area (Å²) < 4.78 is 61.0. The normalized spacial score (nSPS) is 15.9. The maximum absolute atomic E-state index is 14.5. The summed E-state index contributed by atoms with van der Waals surface area (Å²) in [6.07, 6.45) is -0.762. The molecule has 3 amide bonds. The SMILES string of the molecule is C[C@H](NC(=O)OCc1ccccc1)C(=O)Nc1ccc(C2S/C(=N\c3cccc(F)c3)N(Cc3ccc(F)c(F)c3F)C2=O)cc1. The summed E-state index contributed by atoms with van der Waals surface area (Å²) in [7, 11) is 0. The van der Waals surface area contributed by atoms with Gasteiger partial charge in [-0.2, -0.15) is 0 Å². The predicted molar refractivity (Wildman–Crippen MR) is 165 cm³/mol. The number of carbonyl (C=O) groups excluding carboxylic acids is 3. The van der Waals surface area contributed by atoms with Crippen LogP contribution in [0.4, 0.5) is 33.7 Å². The van der Waals surface area contributed by atoms with Gasteiger partial charge in [0.05, 0.1) is 12.2 Å². The van der Waals surface area contributed by atoms with Crippen molar-refractivity contribution in [2.45, 2.75) is 31.4 Å². The molecule has 46 heavy (non-hydrogen) atoms. The zero-order valence-electron chi connectivity index (χ0n) is 24.2. The van der Waals surface area contributed by atoms with Crippen LogP contribution in [0.25, 0.3) is 0 Å². The van der Waals surface area contributed by atoms with Gasteiger partial charge < -0.3 is 15.4 Å². The topological polar surface area (TPSA) is 100 Å². The van der Waals surface area contributed by atoms with Gasteiger partial charge in [0.25, 0.3) is 0 Å². The number of aliphatic imine (C=N–C) groups is 1. The minimum atomic E-state index is -1.66.